The number of hydrogen-bond acceptors (Lipinski definition) is 6. The summed E-state index contributed by atoms with van der Waals surface area (Å²) in [5.74, 6) is -0.143. The Morgan fingerprint density at radius 1 is 0.907 bits per heavy atom. The van der Waals surface area contributed by atoms with Crippen LogP contribution in [0, 0.1) is 6.92 Å². The topological polar surface area (TPSA) is 85.5 Å². The van der Waals surface area contributed by atoms with Crippen LogP contribution in [0.5, 0.6) is 0 Å². The van der Waals surface area contributed by atoms with Gasteiger partial charge in [0.1, 0.15) is 5.60 Å². The van der Waals surface area contributed by atoms with Crippen LogP contribution in [0.15, 0.2) is 30.5 Å². The highest BCUT2D eigenvalue weighted by atomic mass is 16.6. The van der Waals surface area contributed by atoms with Crippen molar-refractivity contribution in [1.29, 1.82) is 0 Å². The molecule has 1 amide bonds. The fourth-order valence-corrected chi connectivity index (χ4v) is 6.75. The number of benzene rings is 1. The normalized spacial score (nSPS) is 18.8. The maximum Gasteiger partial charge on any atom is 0.338 e. The summed E-state index contributed by atoms with van der Waals surface area (Å²) >= 11 is 0. The molecule has 2 aromatic heterocycles. The number of amides is 1. The van der Waals surface area contributed by atoms with E-state index in [0.717, 1.165) is 69.5 Å². The Balaban J connectivity index is 0.00000180. The number of ether oxygens (including phenoxy) is 1. The van der Waals surface area contributed by atoms with Gasteiger partial charge in [-0.15, -0.1) is 0 Å². The largest absolute Gasteiger partial charge is 0.456 e. The van der Waals surface area contributed by atoms with Gasteiger partial charge in [0, 0.05) is 62.2 Å². The van der Waals surface area contributed by atoms with Crippen molar-refractivity contribution >= 4 is 17.6 Å². The number of aromatic nitrogens is 4. The molecule has 0 saturated carbocycles. The second-order valence-corrected chi connectivity index (χ2v) is 12.9. The van der Waals surface area contributed by atoms with Crippen molar-refractivity contribution in [3.63, 3.8) is 0 Å². The van der Waals surface area contributed by atoms with Crippen molar-refractivity contribution in [3.8, 4) is 0 Å². The molecule has 1 unspecified atom stereocenters. The minimum Gasteiger partial charge on any atom is -0.456 e. The third-order valence-electron chi connectivity index (χ3n) is 8.91. The molecule has 232 valence electrons. The number of esters is 1. The van der Waals surface area contributed by atoms with E-state index in [1.165, 1.54) is 22.5 Å². The van der Waals surface area contributed by atoms with E-state index in [-0.39, 0.29) is 11.9 Å². The number of carbonyl (C=O) groups excluding carboxylic acids is 2. The molecule has 0 spiro atoms. The Morgan fingerprint density at radius 3 is 2.26 bits per heavy atom. The van der Waals surface area contributed by atoms with E-state index in [4.69, 9.17) is 14.9 Å². The smallest absolute Gasteiger partial charge is 0.338 e. The van der Waals surface area contributed by atoms with E-state index in [1.807, 2.05) is 63.8 Å². The summed E-state index contributed by atoms with van der Waals surface area (Å²) in [4.78, 5) is 28.6. The number of fused-ring (bicyclic) bond motifs is 2. The zero-order chi connectivity index (χ0) is 30.9. The van der Waals surface area contributed by atoms with Gasteiger partial charge in [-0.1, -0.05) is 13.8 Å². The summed E-state index contributed by atoms with van der Waals surface area (Å²) < 4.78 is 10.1. The van der Waals surface area contributed by atoms with Crippen LogP contribution < -0.4 is 4.90 Å². The number of aryl methyl sites for hydroxylation is 1. The Hall–Kier alpha value is -3.62. The molecule has 3 aromatic rings. The fourth-order valence-electron chi connectivity index (χ4n) is 6.75. The maximum atomic E-state index is 12.4. The van der Waals surface area contributed by atoms with Gasteiger partial charge in [0.2, 0.25) is 5.91 Å². The first-order valence-corrected chi connectivity index (χ1v) is 16.0. The molecular formula is C34H48N6O3. The number of nitrogens with zero attached hydrogens (tertiary/aromatic N) is 6. The molecule has 9 nitrogen and oxygen atoms in total. The van der Waals surface area contributed by atoms with Crippen molar-refractivity contribution in [1.82, 2.24) is 24.5 Å². The lowest BCUT2D eigenvalue weighted by molar-refractivity contribution is -0.129. The fraction of sp³-hybridized carbons (Fsp3) is 0.588. The van der Waals surface area contributed by atoms with Gasteiger partial charge >= 0.3 is 5.97 Å². The van der Waals surface area contributed by atoms with Crippen LogP contribution in [0.2, 0.25) is 0 Å². The predicted octanol–water partition coefficient (Wildman–Crippen LogP) is 5.85. The molecule has 6 rings (SSSR count). The van der Waals surface area contributed by atoms with Crippen LogP contribution in [0.25, 0.3) is 0 Å². The van der Waals surface area contributed by atoms with E-state index in [2.05, 4.69) is 27.4 Å². The highest BCUT2D eigenvalue weighted by Crippen LogP contribution is 2.35. The summed E-state index contributed by atoms with van der Waals surface area (Å²) in [7, 11) is 0. The average molecular weight is 589 g/mol. The second kappa shape index (κ2) is 12.5. The summed E-state index contributed by atoms with van der Waals surface area (Å²) in [6.45, 7) is 16.8. The monoisotopic (exact) mass is 588 g/mol. The minimum absolute atomic E-state index is 0.138. The molecule has 9 heteroatoms. The van der Waals surface area contributed by atoms with E-state index in [9.17, 15) is 9.59 Å². The summed E-state index contributed by atoms with van der Waals surface area (Å²) in [6.07, 6.45) is 8.09. The lowest BCUT2D eigenvalue weighted by atomic mass is 9.92. The molecule has 0 N–H and O–H groups in total. The second-order valence-electron chi connectivity index (χ2n) is 12.9. The molecule has 3 aliphatic rings. The minimum atomic E-state index is -0.499. The van der Waals surface area contributed by atoms with Gasteiger partial charge in [-0.05, 0) is 89.6 Å². The predicted molar refractivity (Wildman–Crippen MR) is 168 cm³/mol. The molecule has 43 heavy (non-hydrogen) atoms. The number of hydrogen-bond donors (Lipinski definition) is 0. The van der Waals surface area contributed by atoms with Gasteiger partial charge in [-0.25, -0.2) is 4.79 Å². The number of piperidine rings is 1. The first-order chi connectivity index (χ1) is 20.6. The molecule has 0 bridgehead atoms. The molecule has 1 fully saturated rings. The van der Waals surface area contributed by atoms with Crippen LogP contribution in [-0.2, 0) is 35.3 Å². The SMILES string of the molecule is CC.CC(=O)N1CCc2c(c(C)nn2C2CCc3c(cnn3C3CCN(c4ccc(C(=O)OC(C)(C)C)cc4)CC3)C2)C1. The van der Waals surface area contributed by atoms with Crippen LogP contribution >= 0.6 is 0 Å². The first-order valence-electron chi connectivity index (χ1n) is 16.0. The number of carbonyl (C=O) groups is 2. The van der Waals surface area contributed by atoms with Gasteiger partial charge in [0.05, 0.1) is 29.5 Å². The Bertz CT molecular complexity index is 1440. The van der Waals surface area contributed by atoms with Gasteiger partial charge in [0.15, 0.2) is 0 Å². The van der Waals surface area contributed by atoms with Crippen molar-refractivity contribution in [2.45, 2.75) is 111 Å². The number of anilines is 1. The lowest BCUT2D eigenvalue weighted by Crippen LogP contribution is -2.36. The molecule has 0 radical (unpaired) electrons. The van der Waals surface area contributed by atoms with Crippen LogP contribution in [0.1, 0.15) is 111 Å². The van der Waals surface area contributed by atoms with Crippen molar-refractivity contribution in [3.05, 3.63) is 64.2 Å². The average Bonchev–Trinajstić information content (AvgIpc) is 3.57. The summed E-state index contributed by atoms with van der Waals surface area (Å²) in [5, 5.41) is 9.87. The third kappa shape index (κ3) is 6.50. The zero-order valence-electron chi connectivity index (χ0n) is 27.0. The molecular weight excluding hydrogens is 540 g/mol. The highest BCUT2D eigenvalue weighted by molar-refractivity contribution is 5.90. The summed E-state index contributed by atoms with van der Waals surface area (Å²) in [5.41, 5.74) is 7.58. The molecule has 2 aliphatic heterocycles. The Kier molecular flexibility index (Phi) is 8.99. The van der Waals surface area contributed by atoms with E-state index in [1.54, 1.807) is 6.92 Å². The van der Waals surface area contributed by atoms with E-state index >= 15 is 0 Å². The van der Waals surface area contributed by atoms with Gasteiger partial charge in [0.25, 0.3) is 0 Å². The molecule has 4 heterocycles. The van der Waals surface area contributed by atoms with Crippen molar-refractivity contribution in [2.24, 2.45) is 0 Å². The standard InChI is InChI=1S/C32H42N6O3.C2H6/c1-21-28-20-36(22(2)39)17-14-30(28)38(34-21)27-10-11-29-24(18-27)19-33-37(29)26-12-15-35(16-13-26)25-8-6-23(7-9-25)31(40)41-32(3,4)5;1-2/h6-9,19,26-27H,10-18,20H2,1-5H3;1-2H3. The van der Waals surface area contributed by atoms with Crippen molar-refractivity contribution < 1.29 is 14.3 Å². The Labute approximate surface area is 256 Å². The van der Waals surface area contributed by atoms with E-state index < -0.39 is 5.60 Å². The number of rotatable bonds is 4. The maximum absolute atomic E-state index is 12.4. The molecule has 1 atom stereocenters. The van der Waals surface area contributed by atoms with E-state index in [0.29, 0.717) is 24.2 Å². The molecule has 1 saturated heterocycles. The van der Waals surface area contributed by atoms with Gasteiger partial charge < -0.3 is 14.5 Å². The molecule has 1 aliphatic carbocycles. The van der Waals surface area contributed by atoms with Crippen LogP contribution in [-0.4, -0.2) is 61.6 Å². The van der Waals surface area contributed by atoms with Crippen LogP contribution in [0.4, 0.5) is 5.69 Å². The van der Waals surface area contributed by atoms with Gasteiger partial charge in [-0.2, -0.15) is 10.2 Å². The third-order valence-corrected chi connectivity index (χ3v) is 8.91. The van der Waals surface area contributed by atoms with Crippen LogP contribution in [0.3, 0.4) is 0 Å². The zero-order valence-corrected chi connectivity index (χ0v) is 27.0. The first kappa shape index (κ1) is 30.8. The lowest BCUT2D eigenvalue weighted by Gasteiger charge is -2.35. The Morgan fingerprint density at radius 2 is 1.60 bits per heavy atom. The summed E-state index contributed by atoms with van der Waals surface area (Å²) in [6, 6.07) is 8.55. The quantitative estimate of drug-likeness (QED) is 0.356. The van der Waals surface area contributed by atoms with Gasteiger partial charge in [-0.3, -0.25) is 14.2 Å². The highest BCUT2D eigenvalue weighted by Gasteiger charge is 2.32. The molecule has 1 aromatic carbocycles. The van der Waals surface area contributed by atoms with Crippen molar-refractivity contribution in [2.75, 3.05) is 24.5 Å².